The first-order chi connectivity index (χ1) is 7.57. The highest BCUT2D eigenvalue weighted by molar-refractivity contribution is 6.30. The van der Waals surface area contributed by atoms with E-state index in [4.69, 9.17) is 17.3 Å². The number of rotatable bonds is 2. The van der Waals surface area contributed by atoms with Crippen LogP contribution < -0.4 is 5.73 Å². The molecule has 0 aliphatic rings. The molecule has 1 aromatic carbocycles. The van der Waals surface area contributed by atoms with Crippen LogP contribution in [0.2, 0.25) is 5.02 Å². The topological polar surface area (TPSA) is 26.0 Å². The number of aryl methyl sites for hydroxylation is 1. The van der Waals surface area contributed by atoms with Crippen molar-refractivity contribution < 1.29 is 22.0 Å². The molecule has 2 N–H and O–H groups in total. The van der Waals surface area contributed by atoms with Crippen LogP contribution in [-0.4, -0.2) is 12.1 Å². The lowest BCUT2D eigenvalue weighted by Crippen LogP contribution is -2.46. The third-order valence-corrected chi connectivity index (χ3v) is 2.57. The van der Waals surface area contributed by atoms with Crippen LogP contribution in [-0.2, 0) is 0 Å². The number of benzene rings is 1. The largest absolute Gasteiger partial charge is 0.455 e. The molecular formula is C10H10Cl2F5N. The highest BCUT2D eigenvalue weighted by Gasteiger charge is 2.61. The van der Waals surface area contributed by atoms with Gasteiger partial charge in [-0.3, -0.25) is 0 Å². The van der Waals surface area contributed by atoms with E-state index in [0.717, 1.165) is 6.07 Å². The molecule has 0 aromatic heterocycles. The van der Waals surface area contributed by atoms with Gasteiger partial charge in [0.15, 0.2) is 0 Å². The summed E-state index contributed by atoms with van der Waals surface area (Å²) >= 11 is 5.58. The minimum atomic E-state index is -5.68. The molecule has 0 spiro atoms. The van der Waals surface area contributed by atoms with Gasteiger partial charge in [0.1, 0.15) is 6.04 Å². The monoisotopic (exact) mass is 309 g/mol. The summed E-state index contributed by atoms with van der Waals surface area (Å²) in [6, 6.07) is 1.13. The molecule has 1 rings (SSSR count). The zero-order chi connectivity index (χ0) is 13.4. The molecule has 0 saturated carbocycles. The second kappa shape index (κ2) is 5.59. The number of alkyl halides is 5. The van der Waals surface area contributed by atoms with Gasteiger partial charge in [0, 0.05) is 5.02 Å². The Hall–Kier alpha value is -0.590. The summed E-state index contributed by atoms with van der Waals surface area (Å²) in [4.78, 5) is 0. The van der Waals surface area contributed by atoms with E-state index in [9.17, 15) is 22.0 Å². The summed E-state index contributed by atoms with van der Waals surface area (Å²) in [5, 5.41) is 0.244. The van der Waals surface area contributed by atoms with E-state index >= 15 is 0 Å². The van der Waals surface area contributed by atoms with Crippen LogP contribution in [0.25, 0.3) is 0 Å². The van der Waals surface area contributed by atoms with Crippen molar-refractivity contribution >= 4 is 24.0 Å². The van der Waals surface area contributed by atoms with Crippen LogP contribution >= 0.6 is 24.0 Å². The second-order valence-electron chi connectivity index (χ2n) is 3.60. The van der Waals surface area contributed by atoms with E-state index in [0.29, 0.717) is 0 Å². The Bertz CT molecular complexity index is 419. The van der Waals surface area contributed by atoms with Crippen molar-refractivity contribution in [2.24, 2.45) is 5.73 Å². The Labute approximate surface area is 112 Å². The van der Waals surface area contributed by atoms with Gasteiger partial charge in [-0.05, 0) is 30.2 Å². The van der Waals surface area contributed by atoms with E-state index in [1.807, 2.05) is 0 Å². The molecule has 0 heterocycles. The van der Waals surface area contributed by atoms with Crippen molar-refractivity contribution in [3.8, 4) is 0 Å². The van der Waals surface area contributed by atoms with Gasteiger partial charge in [-0.15, -0.1) is 12.4 Å². The third-order valence-electron chi connectivity index (χ3n) is 2.34. The second-order valence-corrected chi connectivity index (χ2v) is 4.04. The molecule has 0 bridgehead atoms. The van der Waals surface area contributed by atoms with Crippen LogP contribution in [0.15, 0.2) is 18.2 Å². The molecule has 1 nitrogen and oxygen atoms in total. The minimum absolute atomic E-state index is 0. The zero-order valence-electron chi connectivity index (χ0n) is 9.06. The molecular weight excluding hydrogens is 300 g/mol. The average molecular weight is 310 g/mol. The normalized spacial score (nSPS) is 14.0. The first-order valence-electron chi connectivity index (χ1n) is 4.53. The Morgan fingerprint density at radius 3 is 2.06 bits per heavy atom. The lowest BCUT2D eigenvalue weighted by Gasteiger charge is -2.26. The van der Waals surface area contributed by atoms with E-state index in [1.54, 1.807) is 0 Å². The molecule has 8 heteroatoms. The van der Waals surface area contributed by atoms with Gasteiger partial charge in [0.05, 0.1) is 0 Å². The van der Waals surface area contributed by atoms with Gasteiger partial charge in [0.2, 0.25) is 0 Å². The number of hydrogen-bond donors (Lipinski definition) is 1. The molecule has 0 fully saturated rings. The maximum atomic E-state index is 13.0. The van der Waals surface area contributed by atoms with E-state index in [-0.39, 0.29) is 28.6 Å². The van der Waals surface area contributed by atoms with Crippen LogP contribution in [0.1, 0.15) is 17.2 Å². The fraction of sp³-hybridized carbons (Fsp3) is 0.400. The van der Waals surface area contributed by atoms with Crippen molar-refractivity contribution in [1.82, 2.24) is 0 Å². The lowest BCUT2D eigenvalue weighted by atomic mass is 9.97. The Morgan fingerprint density at radius 2 is 1.67 bits per heavy atom. The van der Waals surface area contributed by atoms with Crippen LogP contribution in [0.4, 0.5) is 22.0 Å². The summed E-state index contributed by atoms with van der Waals surface area (Å²) in [5.74, 6) is -4.98. The molecule has 104 valence electrons. The smallest absolute Gasteiger partial charge is 0.319 e. The van der Waals surface area contributed by atoms with Crippen molar-refractivity contribution in [1.29, 1.82) is 0 Å². The highest BCUT2D eigenvalue weighted by Crippen LogP contribution is 2.44. The summed E-state index contributed by atoms with van der Waals surface area (Å²) in [6.45, 7) is 1.37. The molecule has 0 radical (unpaired) electrons. The van der Waals surface area contributed by atoms with Crippen LogP contribution in [0, 0.1) is 6.92 Å². The predicted octanol–water partition coefficient (Wildman–Crippen LogP) is 4.27. The molecule has 0 saturated heterocycles. The van der Waals surface area contributed by atoms with E-state index in [1.165, 1.54) is 19.1 Å². The predicted molar refractivity (Wildman–Crippen MR) is 61.4 cm³/mol. The number of nitrogens with two attached hydrogens (primary N) is 1. The first kappa shape index (κ1) is 17.4. The van der Waals surface area contributed by atoms with Crippen LogP contribution in [0.3, 0.4) is 0 Å². The van der Waals surface area contributed by atoms with Crippen LogP contribution in [0.5, 0.6) is 0 Å². The lowest BCUT2D eigenvalue weighted by molar-refractivity contribution is -0.291. The van der Waals surface area contributed by atoms with Gasteiger partial charge in [-0.1, -0.05) is 17.7 Å². The average Bonchev–Trinajstić information content (AvgIpc) is 2.14. The zero-order valence-corrected chi connectivity index (χ0v) is 10.6. The Balaban J connectivity index is 0.00000289. The standard InChI is InChI=1S/C10H9ClF5N.ClH/c1-5-4-6(11)2-3-7(5)8(17)9(12,13)10(14,15)16;/h2-4,8H,17H2,1H3;1H/t8-;/m1./s1. The van der Waals surface area contributed by atoms with Gasteiger partial charge < -0.3 is 5.73 Å². The molecule has 0 aliphatic heterocycles. The SMILES string of the molecule is Cc1cc(Cl)ccc1[C@@H](N)C(F)(F)C(F)(F)F.Cl. The number of halogens is 7. The van der Waals surface area contributed by atoms with Gasteiger partial charge in [-0.25, -0.2) is 0 Å². The van der Waals surface area contributed by atoms with Crippen molar-refractivity contribution in [2.75, 3.05) is 0 Å². The summed E-state index contributed by atoms with van der Waals surface area (Å²) in [6.07, 6.45) is -5.68. The van der Waals surface area contributed by atoms with Crippen molar-refractivity contribution in [3.63, 3.8) is 0 Å². The van der Waals surface area contributed by atoms with Gasteiger partial charge >= 0.3 is 12.1 Å². The molecule has 1 aromatic rings. The Morgan fingerprint density at radius 1 is 1.17 bits per heavy atom. The van der Waals surface area contributed by atoms with Gasteiger partial charge in [0.25, 0.3) is 0 Å². The van der Waals surface area contributed by atoms with Gasteiger partial charge in [-0.2, -0.15) is 22.0 Å². The molecule has 0 aliphatic carbocycles. The highest BCUT2D eigenvalue weighted by atomic mass is 35.5. The fourth-order valence-corrected chi connectivity index (χ4v) is 1.59. The molecule has 1 atom stereocenters. The Kier molecular flexibility index (Phi) is 5.40. The summed E-state index contributed by atoms with van der Waals surface area (Å²) < 4.78 is 62.4. The maximum absolute atomic E-state index is 13.0. The quantitative estimate of drug-likeness (QED) is 0.811. The maximum Gasteiger partial charge on any atom is 0.455 e. The van der Waals surface area contributed by atoms with E-state index < -0.39 is 18.1 Å². The van der Waals surface area contributed by atoms with Crippen molar-refractivity contribution in [2.45, 2.75) is 25.1 Å². The fourth-order valence-electron chi connectivity index (χ4n) is 1.36. The number of hydrogen-bond acceptors (Lipinski definition) is 1. The molecule has 0 amide bonds. The molecule has 18 heavy (non-hydrogen) atoms. The summed E-state index contributed by atoms with van der Waals surface area (Å²) in [7, 11) is 0. The van der Waals surface area contributed by atoms with Crippen molar-refractivity contribution in [3.05, 3.63) is 34.3 Å². The van der Waals surface area contributed by atoms with E-state index in [2.05, 4.69) is 0 Å². The first-order valence-corrected chi connectivity index (χ1v) is 4.91. The molecule has 0 unspecified atom stereocenters. The summed E-state index contributed by atoms with van der Waals surface area (Å²) in [5.41, 5.74) is 4.90. The third kappa shape index (κ3) is 3.24. The minimum Gasteiger partial charge on any atom is -0.319 e.